The molecule has 0 fully saturated rings. The van der Waals surface area contributed by atoms with Crippen molar-refractivity contribution in [3.8, 4) is 0 Å². The zero-order valence-electron chi connectivity index (χ0n) is 13.9. The molecule has 0 aliphatic heterocycles. The van der Waals surface area contributed by atoms with E-state index in [2.05, 4.69) is 48.7 Å². The second kappa shape index (κ2) is 8.59. The summed E-state index contributed by atoms with van der Waals surface area (Å²) in [6.45, 7) is 6.14. The summed E-state index contributed by atoms with van der Waals surface area (Å²) in [6.07, 6.45) is 4.18. The van der Waals surface area contributed by atoms with Gasteiger partial charge in [-0.3, -0.25) is 4.79 Å². The summed E-state index contributed by atoms with van der Waals surface area (Å²) in [5.74, 6) is 1.35. The summed E-state index contributed by atoms with van der Waals surface area (Å²) in [4.78, 5) is 12.1. The van der Waals surface area contributed by atoms with Crippen LogP contribution in [0, 0.1) is 20.8 Å². The van der Waals surface area contributed by atoms with E-state index in [1.54, 1.807) is 11.8 Å². The topological polar surface area (TPSA) is 29.1 Å². The first kappa shape index (κ1) is 17.4. The van der Waals surface area contributed by atoms with E-state index in [1.807, 2.05) is 32.0 Å². The number of thioether (sulfide) groups is 1. The fraction of sp³-hybridized carbons (Fsp3) is 0.250. The Kier molecular flexibility index (Phi) is 6.48. The normalized spacial score (nSPS) is 10.9. The first-order valence-corrected chi connectivity index (χ1v) is 8.89. The van der Waals surface area contributed by atoms with E-state index >= 15 is 0 Å². The molecule has 0 bridgehead atoms. The summed E-state index contributed by atoms with van der Waals surface area (Å²) < 4.78 is 0. The molecule has 0 spiro atoms. The maximum Gasteiger partial charge on any atom is 0.234 e. The Hall–Kier alpha value is -2.00. The highest BCUT2D eigenvalue weighted by Gasteiger charge is 2.07. The molecule has 0 saturated heterocycles. The minimum atomic E-state index is 0.0539. The average Bonchev–Trinajstić information content (AvgIpc) is 2.51. The summed E-state index contributed by atoms with van der Waals surface area (Å²) in [7, 11) is 0. The van der Waals surface area contributed by atoms with Crippen LogP contribution in [-0.2, 0) is 4.79 Å². The molecule has 2 nitrogen and oxygen atoms in total. The van der Waals surface area contributed by atoms with Crippen molar-refractivity contribution in [1.29, 1.82) is 0 Å². The van der Waals surface area contributed by atoms with Gasteiger partial charge in [0.2, 0.25) is 5.91 Å². The average molecular weight is 325 g/mol. The first-order valence-electron chi connectivity index (χ1n) is 7.73. The molecule has 2 aromatic carbocycles. The van der Waals surface area contributed by atoms with E-state index in [0.29, 0.717) is 5.75 Å². The molecule has 0 radical (unpaired) electrons. The van der Waals surface area contributed by atoms with Crippen LogP contribution in [0.15, 0.2) is 48.5 Å². The molecule has 23 heavy (non-hydrogen) atoms. The number of anilines is 1. The van der Waals surface area contributed by atoms with Crippen LogP contribution < -0.4 is 5.32 Å². The van der Waals surface area contributed by atoms with Crippen LogP contribution in [0.2, 0.25) is 0 Å². The smallest absolute Gasteiger partial charge is 0.234 e. The molecule has 1 N–H and O–H groups in total. The van der Waals surface area contributed by atoms with Gasteiger partial charge in [-0.05, 0) is 37.5 Å². The van der Waals surface area contributed by atoms with E-state index in [0.717, 1.165) is 22.6 Å². The standard InChI is InChI=1S/C20H23NOS/c1-15-12-16(2)20(17(3)13-15)21-19(22)14-23-11-7-10-18-8-5-4-6-9-18/h4-10,12-13H,11,14H2,1-3H3,(H,21,22)/b10-7+. The molecule has 3 heteroatoms. The van der Waals surface area contributed by atoms with Crippen molar-refractivity contribution in [3.63, 3.8) is 0 Å². The predicted molar refractivity (Wildman–Crippen MR) is 102 cm³/mol. The van der Waals surface area contributed by atoms with E-state index in [-0.39, 0.29) is 5.91 Å². The molecule has 1 amide bonds. The lowest BCUT2D eigenvalue weighted by Gasteiger charge is -2.12. The van der Waals surface area contributed by atoms with Crippen LogP contribution in [0.25, 0.3) is 6.08 Å². The van der Waals surface area contributed by atoms with Crippen molar-refractivity contribution in [3.05, 3.63) is 70.8 Å². The number of hydrogen-bond donors (Lipinski definition) is 1. The number of amides is 1. The van der Waals surface area contributed by atoms with Crippen LogP contribution in [0.5, 0.6) is 0 Å². The molecule has 0 aromatic heterocycles. The summed E-state index contributed by atoms with van der Waals surface area (Å²) >= 11 is 1.62. The molecule has 0 aliphatic carbocycles. The van der Waals surface area contributed by atoms with Crippen molar-refractivity contribution in [2.24, 2.45) is 0 Å². The number of benzene rings is 2. The van der Waals surface area contributed by atoms with Gasteiger partial charge in [0.15, 0.2) is 0 Å². The Morgan fingerprint density at radius 3 is 2.39 bits per heavy atom. The van der Waals surface area contributed by atoms with E-state index in [9.17, 15) is 4.79 Å². The van der Waals surface area contributed by atoms with Crippen molar-refractivity contribution in [2.75, 3.05) is 16.8 Å². The molecular formula is C20H23NOS. The SMILES string of the molecule is Cc1cc(C)c(NC(=O)CSC/C=C/c2ccccc2)c(C)c1. The third-order valence-electron chi connectivity index (χ3n) is 3.50. The van der Waals surface area contributed by atoms with E-state index in [4.69, 9.17) is 0 Å². The van der Waals surface area contributed by atoms with E-state index < -0.39 is 0 Å². The van der Waals surface area contributed by atoms with E-state index in [1.165, 1.54) is 11.1 Å². The lowest BCUT2D eigenvalue weighted by atomic mass is 10.1. The number of carbonyl (C=O) groups is 1. The fourth-order valence-electron chi connectivity index (χ4n) is 2.52. The maximum atomic E-state index is 12.1. The lowest BCUT2D eigenvalue weighted by molar-refractivity contribution is -0.113. The van der Waals surface area contributed by atoms with Crippen molar-refractivity contribution in [1.82, 2.24) is 0 Å². The fourth-order valence-corrected chi connectivity index (χ4v) is 3.13. The van der Waals surface area contributed by atoms with Gasteiger partial charge in [-0.2, -0.15) is 0 Å². The summed E-state index contributed by atoms with van der Waals surface area (Å²) in [6, 6.07) is 14.4. The summed E-state index contributed by atoms with van der Waals surface area (Å²) in [5, 5.41) is 3.03. The highest BCUT2D eigenvalue weighted by atomic mass is 32.2. The van der Waals surface area contributed by atoms with Crippen molar-refractivity contribution >= 4 is 29.4 Å². The molecule has 0 unspecified atom stereocenters. The Morgan fingerprint density at radius 1 is 1.09 bits per heavy atom. The van der Waals surface area contributed by atoms with Crippen LogP contribution in [-0.4, -0.2) is 17.4 Å². The molecule has 2 aromatic rings. The van der Waals surface area contributed by atoms with Gasteiger partial charge in [0, 0.05) is 11.4 Å². The second-order valence-electron chi connectivity index (χ2n) is 5.65. The highest BCUT2D eigenvalue weighted by molar-refractivity contribution is 8.00. The van der Waals surface area contributed by atoms with Gasteiger partial charge < -0.3 is 5.32 Å². The minimum absolute atomic E-state index is 0.0539. The predicted octanol–water partition coefficient (Wildman–Crippen LogP) is 5.00. The molecular weight excluding hydrogens is 302 g/mol. The quantitative estimate of drug-likeness (QED) is 0.758. The Bertz CT molecular complexity index is 669. The number of carbonyl (C=O) groups excluding carboxylic acids is 1. The molecule has 0 aliphatic rings. The highest BCUT2D eigenvalue weighted by Crippen LogP contribution is 2.22. The number of nitrogens with one attached hydrogen (secondary N) is 1. The number of rotatable bonds is 6. The van der Waals surface area contributed by atoms with Gasteiger partial charge in [-0.15, -0.1) is 11.8 Å². The lowest BCUT2D eigenvalue weighted by Crippen LogP contribution is -2.16. The van der Waals surface area contributed by atoms with Crippen LogP contribution in [0.4, 0.5) is 5.69 Å². The second-order valence-corrected chi connectivity index (χ2v) is 6.68. The molecule has 0 saturated carbocycles. The van der Waals surface area contributed by atoms with Gasteiger partial charge in [0.25, 0.3) is 0 Å². The Balaban J connectivity index is 1.79. The molecule has 2 rings (SSSR count). The minimum Gasteiger partial charge on any atom is -0.325 e. The maximum absolute atomic E-state index is 12.1. The third-order valence-corrected chi connectivity index (χ3v) is 4.39. The Morgan fingerprint density at radius 2 is 1.74 bits per heavy atom. The molecule has 0 heterocycles. The first-order chi connectivity index (χ1) is 11.1. The Labute approximate surface area is 143 Å². The number of hydrogen-bond acceptors (Lipinski definition) is 2. The monoisotopic (exact) mass is 325 g/mol. The van der Waals surface area contributed by atoms with Gasteiger partial charge in [0.1, 0.15) is 0 Å². The van der Waals surface area contributed by atoms with Crippen LogP contribution in [0.3, 0.4) is 0 Å². The van der Waals surface area contributed by atoms with Crippen LogP contribution >= 0.6 is 11.8 Å². The van der Waals surface area contributed by atoms with Gasteiger partial charge >= 0.3 is 0 Å². The molecule has 120 valence electrons. The zero-order chi connectivity index (χ0) is 16.7. The third kappa shape index (κ3) is 5.61. The van der Waals surface area contributed by atoms with Gasteiger partial charge in [-0.1, -0.05) is 60.2 Å². The molecule has 0 atom stereocenters. The zero-order valence-corrected chi connectivity index (χ0v) is 14.7. The van der Waals surface area contributed by atoms with Crippen LogP contribution in [0.1, 0.15) is 22.3 Å². The van der Waals surface area contributed by atoms with Gasteiger partial charge in [0.05, 0.1) is 5.75 Å². The number of aryl methyl sites for hydroxylation is 3. The largest absolute Gasteiger partial charge is 0.325 e. The van der Waals surface area contributed by atoms with Crippen molar-refractivity contribution < 1.29 is 4.79 Å². The summed E-state index contributed by atoms with van der Waals surface area (Å²) in [5.41, 5.74) is 5.58. The van der Waals surface area contributed by atoms with Crippen molar-refractivity contribution in [2.45, 2.75) is 20.8 Å². The van der Waals surface area contributed by atoms with Gasteiger partial charge in [-0.25, -0.2) is 0 Å².